The number of rotatable bonds is 7. The molecule has 3 aromatic rings. The minimum Gasteiger partial charge on any atom is -0.504 e. The number of ether oxygens (including phenoxy) is 2. The number of esters is 1. The minimum atomic E-state index is -0.764. The maximum atomic E-state index is 12.7. The predicted octanol–water partition coefficient (Wildman–Crippen LogP) is 4.84. The number of nitrogens with zero attached hydrogens (tertiary/aromatic N) is 2. The van der Waals surface area contributed by atoms with Gasteiger partial charge in [-0.05, 0) is 30.3 Å². The number of methoxy groups -OCH3 is 1. The predicted molar refractivity (Wildman–Crippen MR) is 118 cm³/mol. The van der Waals surface area contributed by atoms with E-state index in [9.17, 15) is 9.90 Å². The number of furan rings is 1. The first-order chi connectivity index (χ1) is 15.1. The number of aliphatic imine (C=N–C) groups is 1. The number of carbonyl (C=O) groups excluding carboxylic acids is 1. The van der Waals surface area contributed by atoms with Crippen LogP contribution in [0.2, 0.25) is 5.02 Å². The Morgan fingerprint density at radius 2 is 2.10 bits per heavy atom. The Labute approximate surface area is 182 Å². The second kappa shape index (κ2) is 9.03. The van der Waals surface area contributed by atoms with Crippen LogP contribution in [0.5, 0.6) is 5.75 Å². The van der Waals surface area contributed by atoms with Crippen LogP contribution >= 0.6 is 11.6 Å². The van der Waals surface area contributed by atoms with E-state index in [1.54, 1.807) is 48.8 Å². The molecule has 0 bridgehead atoms. The molecular formula is C22H18ClN3O5. The van der Waals surface area contributed by atoms with Gasteiger partial charge in [0, 0.05) is 30.7 Å². The lowest BCUT2D eigenvalue weighted by molar-refractivity contribution is 0.0386. The van der Waals surface area contributed by atoms with Crippen LogP contribution in [0.15, 0.2) is 52.0 Å². The number of halogens is 1. The monoisotopic (exact) mass is 439 g/mol. The van der Waals surface area contributed by atoms with Crippen molar-refractivity contribution in [3.8, 4) is 5.75 Å². The third-order valence-electron chi connectivity index (χ3n) is 4.47. The van der Waals surface area contributed by atoms with Gasteiger partial charge in [-0.2, -0.15) is 0 Å². The highest BCUT2D eigenvalue weighted by atomic mass is 35.5. The number of carbonyl (C=O) groups is 1. The lowest BCUT2D eigenvalue weighted by Crippen LogP contribution is -2.11. The highest BCUT2D eigenvalue weighted by molar-refractivity contribution is 6.33. The molecule has 0 atom stereocenters. The quantitative estimate of drug-likeness (QED) is 0.401. The summed E-state index contributed by atoms with van der Waals surface area (Å²) in [6, 6.07) is 10.6. The fraction of sp³-hybridized carbons (Fsp3) is 0.136. The van der Waals surface area contributed by atoms with Crippen LogP contribution in [0.1, 0.15) is 21.7 Å². The van der Waals surface area contributed by atoms with Crippen molar-refractivity contribution >= 4 is 52.8 Å². The molecule has 0 unspecified atom stereocenters. The topological polar surface area (TPSA) is 106 Å². The molecule has 158 valence electrons. The van der Waals surface area contributed by atoms with Crippen molar-refractivity contribution in [1.29, 1.82) is 0 Å². The standard InChI is InChI=1S/C22H18ClN3O5/c1-29-9-10-30-22(28)18-19(27)17(11-13-12-25-20-14(13)5-4-8-24-20)31-21(18)26-16-7-3-2-6-15(16)23/h2-8,11-12,26-27H,9-10H2,1H3. The molecular weight excluding hydrogens is 422 g/mol. The van der Waals surface area contributed by atoms with Crippen molar-refractivity contribution in [2.24, 2.45) is 4.99 Å². The van der Waals surface area contributed by atoms with Gasteiger partial charge in [0.05, 0.1) is 17.3 Å². The van der Waals surface area contributed by atoms with E-state index in [2.05, 4.69) is 15.3 Å². The van der Waals surface area contributed by atoms with Crippen LogP contribution in [-0.2, 0) is 9.47 Å². The molecule has 1 aliphatic heterocycles. The number of nitrogens with one attached hydrogen (secondary N) is 1. The number of aromatic hydroxyl groups is 1. The molecule has 0 spiro atoms. The molecule has 0 saturated heterocycles. The molecule has 0 saturated carbocycles. The second-order valence-electron chi connectivity index (χ2n) is 6.49. The number of allylic oxidation sites excluding steroid dienone is 1. The van der Waals surface area contributed by atoms with Gasteiger partial charge in [0.1, 0.15) is 6.61 Å². The highest BCUT2D eigenvalue weighted by Crippen LogP contribution is 2.40. The van der Waals surface area contributed by atoms with Gasteiger partial charge < -0.3 is 24.3 Å². The summed E-state index contributed by atoms with van der Waals surface area (Å²) < 4.78 is 15.9. The largest absolute Gasteiger partial charge is 0.504 e. The van der Waals surface area contributed by atoms with E-state index in [4.69, 9.17) is 25.5 Å². The van der Waals surface area contributed by atoms with Crippen molar-refractivity contribution in [3.63, 3.8) is 0 Å². The van der Waals surface area contributed by atoms with E-state index in [0.29, 0.717) is 22.1 Å². The first-order valence-electron chi connectivity index (χ1n) is 9.33. The summed E-state index contributed by atoms with van der Waals surface area (Å²) in [5, 5.41) is 14.2. The summed E-state index contributed by atoms with van der Waals surface area (Å²) >= 11 is 6.21. The molecule has 9 heteroatoms. The molecule has 0 fully saturated rings. The average molecular weight is 440 g/mol. The van der Waals surface area contributed by atoms with Crippen molar-refractivity contribution in [1.82, 2.24) is 4.98 Å². The molecule has 1 aliphatic rings. The van der Waals surface area contributed by atoms with Gasteiger partial charge in [-0.25, -0.2) is 14.8 Å². The van der Waals surface area contributed by atoms with E-state index in [1.165, 1.54) is 7.11 Å². The first-order valence-corrected chi connectivity index (χ1v) is 9.70. The van der Waals surface area contributed by atoms with Crippen LogP contribution in [0.3, 0.4) is 0 Å². The smallest absolute Gasteiger partial charge is 0.347 e. The molecule has 31 heavy (non-hydrogen) atoms. The number of hydrogen-bond donors (Lipinski definition) is 2. The molecule has 2 aromatic heterocycles. The van der Waals surface area contributed by atoms with Crippen LogP contribution in [0.4, 0.5) is 17.4 Å². The van der Waals surface area contributed by atoms with Gasteiger partial charge in [0.15, 0.2) is 22.9 Å². The molecule has 4 rings (SSSR count). The van der Waals surface area contributed by atoms with E-state index in [-0.39, 0.29) is 36.2 Å². The van der Waals surface area contributed by atoms with E-state index >= 15 is 0 Å². The molecule has 8 nitrogen and oxygen atoms in total. The lowest BCUT2D eigenvalue weighted by Gasteiger charge is -2.08. The van der Waals surface area contributed by atoms with Crippen molar-refractivity contribution in [2.75, 3.05) is 25.6 Å². The normalized spacial score (nSPS) is 13.4. The molecule has 3 heterocycles. The van der Waals surface area contributed by atoms with Crippen molar-refractivity contribution in [2.45, 2.75) is 0 Å². The third kappa shape index (κ3) is 4.30. The third-order valence-corrected chi connectivity index (χ3v) is 4.80. The number of aromatic nitrogens is 1. The SMILES string of the molecule is COCCOC(=O)c1c(Nc2ccccc2Cl)oc(C=C2C=Nc3ncccc32)c1O. The molecule has 0 aliphatic carbocycles. The maximum Gasteiger partial charge on any atom is 0.347 e. The Kier molecular flexibility index (Phi) is 6.01. The van der Waals surface area contributed by atoms with Crippen LogP contribution in [0.25, 0.3) is 11.6 Å². The summed E-state index contributed by atoms with van der Waals surface area (Å²) in [5.74, 6) is -0.504. The zero-order valence-electron chi connectivity index (χ0n) is 16.5. The number of para-hydroxylation sites is 1. The highest BCUT2D eigenvalue weighted by Gasteiger charge is 2.27. The van der Waals surface area contributed by atoms with Gasteiger partial charge in [0.2, 0.25) is 5.88 Å². The number of anilines is 2. The van der Waals surface area contributed by atoms with Crippen LogP contribution in [0, 0.1) is 0 Å². The first kappa shape index (κ1) is 20.6. The van der Waals surface area contributed by atoms with Gasteiger partial charge in [-0.3, -0.25) is 0 Å². The van der Waals surface area contributed by atoms with Gasteiger partial charge >= 0.3 is 5.97 Å². The number of fused-ring (bicyclic) bond motifs is 1. The number of pyridine rings is 1. The van der Waals surface area contributed by atoms with E-state index in [1.807, 2.05) is 6.07 Å². The van der Waals surface area contributed by atoms with Crippen molar-refractivity contribution in [3.05, 3.63) is 64.5 Å². The Balaban J connectivity index is 1.73. The van der Waals surface area contributed by atoms with Crippen LogP contribution < -0.4 is 5.32 Å². The summed E-state index contributed by atoms with van der Waals surface area (Å²) in [5.41, 5.74) is 1.81. The molecule has 2 N–H and O–H groups in total. The summed E-state index contributed by atoms with van der Waals surface area (Å²) in [7, 11) is 1.49. The molecule has 0 radical (unpaired) electrons. The Hall–Kier alpha value is -3.62. The second-order valence-corrected chi connectivity index (χ2v) is 6.89. The Bertz CT molecular complexity index is 1190. The number of hydrogen-bond acceptors (Lipinski definition) is 8. The summed E-state index contributed by atoms with van der Waals surface area (Å²) in [4.78, 5) is 21.1. The Morgan fingerprint density at radius 1 is 1.26 bits per heavy atom. The zero-order chi connectivity index (χ0) is 21.8. The lowest BCUT2D eigenvalue weighted by atomic mass is 10.1. The molecule has 1 aromatic carbocycles. The van der Waals surface area contributed by atoms with Gasteiger partial charge in [-0.15, -0.1) is 0 Å². The summed E-state index contributed by atoms with van der Waals surface area (Å²) in [6.45, 7) is 0.238. The van der Waals surface area contributed by atoms with Gasteiger partial charge in [0.25, 0.3) is 0 Å². The average Bonchev–Trinajstić information content (AvgIpc) is 3.31. The summed E-state index contributed by atoms with van der Waals surface area (Å²) in [6.07, 6.45) is 4.83. The zero-order valence-corrected chi connectivity index (χ0v) is 17.2. The minimum absolute atomic E-state index is 0.00112. The van der Waals surface area contributed by atoms with Gasteiger partial charge in [-0.1, -0.05) is 23.7 Å². The maximum absolute atomic E-state index is 12.7. The van der Waals surface area contributed by atoms with Crippen LogP contribution in [-0.4, -0.2) is 42.6 Å². The molecule has 0 amide bonds. The fourth-order valence-electron chi connectivity index (χ4n) is 2.97. The van der Waals surface area contributed by atoms with E-state index < -0.39 is 5.97 Å². The fourth-order valence-corrected chi connectivity index (χ4v) is 3.15. The number of benzene rings is 1. The Morgan fingerprint density at radius 3 is 2.90 bits per heavy atom. The van der Waals surface area contributed by atoms with Crippen molar-refractivity contribution < 1.29 is 23.8 Å². The van der Waals surface area contributed by atoms with E-state index in [0.717, 1.165) is 5.56 Å².